The Balaban J connectivity index is 1.58. The first-order chi connectivity index (χ1) is 27.0. The Hall–Kier alpha value is -5.68. The van der Waals surface area contributed by atoms with Gasteiger partial charge in [-0.3, -0.25) is 28.8 Å². The maximum absolute atomic E-state index is 15.0. The number of aliphatic hydroxyl groups excluding tert-OH is 1. The van der Waals surface area contributed by atoms with Crippen LogP contribution in [-0.4, -0.2) is 101 Å². The standard InChI is InChI=1S/C40H53F2N7O8/c1-40(2,3)39(32-19-27(30-20-28(41)9-10-31(30)42)24-48(32)23-26-7-5-4-6-8-26)49(37(55)25-50)18-15-29(43)21-46-34(52)12-11-33(51)44-16-17-45-36(54)22-47-35(53)13-14-38(56)57/h4-10,19-20,24,29,39,50H,11-18,21-23,25,43H2,1-3H3,(H,44,51)(H,45,54)(H,46,52)(H,47,53)(H,56,57)/t29-,39-/m0/s1. The molecule has 0 aliphatic rings. The number of hydrogen-bond donors (Lipinski definition) is 7. The van der Waals surface area contributed by atoms with Crippen LogP contribution in [0.1, 0.15) is 70.2 Å². The number of hydrogen-bond acceptors (Lipinski definition) is 8. The van der Waals surface area contributed by atoms with Crippen molar-refractivity contribution in [1.29, 1.82) is 0 Å². The van der Waals surface area contributed by atoms with Crippen LogP contribution >= 0.6 is 0 Å². The number of amides is 5. The second kappa shape index (κ2) is 22.2. The SMILES string of the molecule is CC(C)(C)[C@H](c1cc(-c2cc(F)ccc2F)cn1Cc1ccccc1)N(CC[C@H](N)CNC(=O)CCC(=O)NCCNC(=O)CNC(=O)CCC(=O)O)C(=O)CO. The summed E-state index contributed by atoms with van der Waals surface area (Å²) in [6, 6.07) is 13.2. The van der Waals surface area contributed by atoms with Crippen molar-refractivity contribution in [3.63, 3.8) is 0 Å². The van der Waals surface area contributed by atoms with E-state index >= 15 is 4.39 Å². The maximum Gasteiger partial charge on any atom is 0.303 e. The van der Waals surface area contributed by atoms with E-state index in [2.05, 4.69) is 21.3 Å². The molecule has 3 rings (SSSR count). The summed E-state index contributed by atoms with van der Waals surface area (Å²) >= 11 is 0. The Kier molecular flexibility index (Phi) is 17.8. The molecule has 0 fully saturated rings. The molecule has 0 spiro atoms. The highest BCUT2D eigenvalue weighted by Gasteiger charge is 2.37. The van der Waals surface area contributed by atoms with Crippen molar-refractivity contribution in [2.75, 3.05) is 39.3 Å². The van der Waals surface area contributed by atoms with Crippen molar-refractivity contribution in [1.82, 2.24) is 30.7 Å². The van der Waals surface area contributed by atoms with Crippen LogP contribution in [0.25, 0.3) is 11.1 Å². The fraction of sp³-hybridized carbons (Fsp3) is 0.450. The molecule has 0 radical (unpaired) electrons. The number of nitrogens with two attached hydrogens (primary N) is 1. The first-order valence-electron chi connectivity index (χ1n) is 18.6. The molecule has 2 atom stereocenters. The Morgan fingerprint density at radius 1 is 0.825 bits per heavy atom. The summed E-state index contributed by atoms with van der Waals surface area (Å²) in [4.78, 5) is 73.5. The van der Waals surface area contributed by atoms with Gasteiger partial charge in [0, 0.05) is 81.0 Å². The number of nitrogens with one attached hydrogen (secondary N) is 4. The lowest BCUT2D eigenvalue weighted by molar-refractivity contribution is -0.140. The zero-order valence-electron chi connectivity index (χ0n) is 32.5. The quantitative estimate of drug-likeness (QED) is 0.0740. The van der Waals surface area contributed by atoms with Gasteiger partial charge in [-0.1, -0.05) is 51.1 Å². The van der Waals surface area contributed by atoms with Crippen molar-refractivity contribution in [2.45, 2.75) is 71.5 Å². The molecule has 0 aliphatic carbocycles. The van der Waals surface area contributed by atoms with Gasteiger partial charge in [0.1, 0.15) is 18.2 Å². The fourth-order valence-electron chi connectivity index (χ4n) is 6.11. The summed E-state index contributed by atoms with van der Waals surface area (Å²) in [5.74, 6) is -4.87. The molecular weight excluding hydrogens is 744 g/mol. The van der Waals surface area contributed by atoms with Crippen molar-refractivity contribution in [2.24, 2.45) is 11.1 Å². The first-order valence-corrected chi connectivity index (χ1v) is 18.6. The Labute approximate surface area is 330 Å². The molecule has 1 aromatic heterocycles. The molecule has 3 aromatic rings. The molecule has 1 heterocycles. The number of aromatic nitrogens is 1. The van der Waals surface area contributed by atoms with E-state index in [1.54, 1.807) is 12.3 Å². The van der Waals surface area contributed by atoms with E-state index in [-0.39, 0.29) is 70.4 Å². The number of rotatable bonds is 22. The maximum atomic E-state index is 15.0. The topological polar surface area (TPSA) is 225 Å². The van der Waals surface area contributed by atoms with Crippen LogP contribution in [0.5, 0.6) is 0 Å². The van der Waals surface area contributed by atoms with Crippen LogP contribution < -0.4 is 27.0 Å². The normalized spacial score (nSPS) is 12.3. The van der Waals surface area contributed by atoms with Crippen LogP contribution in [0.15, 0.2) is 60.8 Å². The van der Waals surface area contributed by atoms with Gasteiger partial charge >= 0.3 is 5.97 Å². The molecule has 0 bridgehead atoms. The molecule has 17 heteroatoms. The number of carbonyl (C=O) groups excluding carboxylic acids is 5. The Morgan fingerprint density at radius 2 is 1.44 bits per heavy atom. The van der Waals surface area contributed by atoms with Gasteiger partial charge in [-0.2, -0.15) is 0 Å². The molecule has 0 saturated heterocycles. The van der Waals surface area contributed by atoms with Crippen LogP contribution in [-0.2, 0) is 35.3 Å². The molecule has 310 valence electrons. The number of aliphatic carboxylic acids is 1. The monoisotopic (exact) mass is 797 g/mol. The van der Waals surface area contributed by atoms with E-state index in [0.717, 1.165) is 23.8 Å². The highest BCUT2D eigenvalue weighted by molar-refractivity contribution is 5.86. The highest BCUT2D eigenvalue weighted by atomic mass is 19.1. The second-order valence-electron chi connectivity index (χ2n) is 14.6. The van der Waals surface area contributed by atoms with Gasteiger partial charge in [-0.15, -0.1) is 0 Å². The molecular formula is C40H53F2N7O8. The highest BCUT2D eigenvalue weighted by Crippen LogP contribution is 2.41. The minimum atomic E-state index is -1.13. The van der Waals surface area contributed by atoms with Gasteiger partial charge in [-0.25, -0.2) is 8.78 Å². The summed E-state index contributed by atoms with van der Waals surface area (Å²) in [7, 11) is 0. The van der Waals surface area contributed by atoms with Crippen LogP contribution in [0.4, 0.5) is 8.78 Å². The number of benzene rings is 2. The average Bonchev–Trinajstić information content (AvgIpc) is 3.57. The largest absolute Gasteiger partial charge is 0.481 e. The summed E-state index contributed by atoms with van der Waals surface area (Å²) in [5.41, 5.74) is 7.79. The second-order valence-corrected chi connectivity index (χ2v) is 14.6. The van der Waals surface area contributed by atoms with Gasteiger partial charge in [0.15, 0.2) is 0 Å². The van der Waals surface area contributed by atoms with Gasteiger partial charge in [-0.05, 0) is 41.7 Å². The molecule has 8 N–H and O–H groups in total. The molecule has 2 aromatic carbocycles. The van der Waals surface area contributed by atoms with E-state index < -0.39 is 71.2 Å². The first kappa shape index (κ1) is 45.7. The van der Waals surface area contributed by atoms with E-state index in [1.807, 2.05) is 55.7 Å². The minimum absolute atomic E-state index is 0.0358. The van der Waals surface area contributed by atoms with Crippen LogP contribution in [0.2, 0.25) is 0 Å². The molecule has 0 aliphatic heterocycles. The number of carbonyl (C=O) groups is 6. The number of nitrogens with zero attached hydrogens (tertiary/aromatic N) is 2. The summed E-state index contributed by atoms with van der Waals surface area (Å²) < 4.78 is 31.2. The zero-order valence-corrected chi connectivity index (χ0v) is 32.5. The third-order valence-corrected chi connectivity index (χ3v) is 8.90. The molecule has 5 amide bonds. The number of carboxylic acid groups (broad SMARTS) is 1. The predicted molar refractivity (Wildman–Crippen MR) is 207 cm³/mol. The summed E-state index contributed by atoms with van der Waals surface area (Å²) in [5, 5.41) is 28.7. The van der Waals surface area contributed by atoms with Crippen LogP contribution in [0.3, 0.4) is 0 Å². The molecule has 57 heavy (non-hydrogen) atoms. The average molecular weight is 798 g/mol. The van der Waals surface area contributed by atoms with E-state index in [4.69, 9.17) is 10.8 Å². The van der Waals surface area contributed by atoms with Crippen molar-refractivity contribution in [3.05, 3.63) is 83.7 Å². The molecule has 0 unspecified atom stereocenters. The lowest BCUT2D eigenvalue weighted by atomic mass is 9.82. The Morgan fingerprint density at radius 3 is 2.07 bits per heavy atom. The number of carboxylic acids is 1. The number of aliphatic hydroxyl groups is 1. The van der Waals surface area contributed by atoms with E-state index in [9.17, 15) is 38.3 Å². The lowest BCUT2D eigenvalue weighted by Gasteiger charge is -2.41. The van der Waals surface area contributed by atoms with Gasteiger partial charge in [0.25, 0.3) is 0 Å². The molecule has 0 saturated carbocycles. The van der Waals surface area contributed by atoms with E-state index in [1.165, 1.54) is 4.90 Å². The third-order valence-electron chi connectivity index (χ3n) is 8.90. The van der Waals surface area contributed by atoms with Crippen molar-refractivity contribution >= 4 is 35.5 Å². The van der Waals surface area contributed by atoms with Crippen molar-refractivity contribution < 1.29 is 47.8 Å². The van der Waals surface area contributed by atoms with Crippen molar-refractivity contribution in [3.8, 4) is 11.1 Å². The summed E-state index contributed by atoms with van der Waals surface area (Å²) in [6.45, 7) is 5.29. The van der Waals surface area contributed by atoms with E-state index in [0.29, 0.717) is 17.8 Å². The minimum Gasteiger partial charge on any atom is -0.481 e. The van der Waals surface area contributed by atoms with Gasteiger partial charge in [0.05, 0.1) is 19.0 Å². The van der Waals surface area contributed by atoms with Gasteiger partial charge < -0.3 is 46.7 Å². The predicted octanol–water partition coefficient (Wildman–Crippen LogP) is 2.22. The molecule has 15 nitrogen and oxygen atoms in total. The third kappa shape index (κ3) is 15.4. The van der Waals surface area contributed by atoms with Crippen LogP contribution in [0, 0.1) is 17.0 Å². The van der Waals surface area contributed by atoms with Gasteiger partial charge in [0.2, 0.25) is 29.5 Å². The summed E-state index contributed by atoms with van der Waals surface area (Å²) in [6.07, 6.45) is 1.07. The smallest absolute Gasteiger partial charge is 0.303 e. The fourth-order valence-corrected chi connectivity index (χ4v) is 6.11. The lowest BCUT2D eigenvalue weighted by Crippen LogP contribution is -2.46. The Bertz CT molecular complexity index is 1850. The number of halogens is 2. The zero-order chi connectivity index (χ0) is 42.1.